The number of nitrogens with zero attached hydrogens (tertiary/aromatic N) is 2. The van der Waals surface area contributed by atoms with Gasteiger partial charge in [-0.05, 0) is 60.9 Å². The number of amides is 1. The first-order valence-corrected chi connectivity index (χ1v) is 12.0. The van der Waals surface area contributed by atoms with Crippen LogP contribution in [0.1, 0.15) is 40.4 Å². The minimum atomic E-state index is -0.848. The fourth-order valence-electron chi connectivity index (χ4n) is 4.00. The molecule has 0 unspecified atom stereocenters. The van der Waals surface area contributed by atoms with E-state index in [1.807, 2.05) is 36.4 Å². The van der Waals surface area contributed by atoms with Gasteiger partial charge in [-0.2, -0.15) is 0 Å². The Morgan fingerprint density at radius 2 is 2.03 bits per heavy atom. The van der Waals surface area contributed by atoms with Crippen molar-refractivity contribution in [1.82, 2.24) is 4.98 Å². The van der Waals surface area contributed by atoms with Crippen molar-refractivity contribution in [2.75, 3.05) is 4.90 Å². The molecule has 1 atom stereocenters. The monoisotopic (exact) mass is 522 g/mol. The quantitative estimate of drug-likeness (QED) is 0.310. The summed E-state index contributed by atoms with van der Waals surface area (Å²) in [5, 5.41) is 11.3. The summed E-state index contributed by atoms with van der Waals surface area (Å²) in [4.78, 5) is 32.8. The fraction of sp³-hybridized carbons (Fsp3) is 0.160. The van der Waals surface area contributed by atoms with Crippen LogP contribution in [0.3, 0.4) is 0 Å². The largest absolute Gasteiger partial charge is 0.503 e. The number of carbonyl (C=O) groups is 2. The van der Waals surface area contributed by atoms with Gasteiger partial charge in [0.25, 0.3) is 5.91 Å². The molecular weight excluding hydrogens is 504 g/mol. The van der Waals surface area contributed by atoms with Gasteiger partial charge in [0, 0.05) is 4.47 Å². The number of furan rings is 1. The summed E-state index contributed by atoms with van der Waals surface area (Å²) < 4.78 is 7.24. The van der Waals surface area contributed by atoms with Crippen molar-refractivity contribution in [3.63, 3.8) is 0 Å². The van der Waals surface area contributed by atoms with Crippen LogP contribution in [0.4, 0.5) is 5.13 Å². The van der Waals surface area contributed by atoms with Gasteiger partial charge in [0.1, 0.15) is 5.76 Å². The molecule has 0 bridgehead atoms. The molecule has 1 N–H and O–H groups in total. The van der Waals surface area contributed by atoms with Crippen LogP contribution in [0.25, 0.3) is 10.2 Å². The minimum absolute atomic E-state index is 0.0269. The third kappa shape index (κ3) is 3.69. The highest BCUT2D eigenvalue weighted by molar-refractivity contribution is 9.10. The number of hydrogen-bond donors (Lipinski definition) is 1. The van der Waals surface area contributed by atoms with E-state index in [-0.39, 0.29) is 11.3 Å². The SMILES string of the molecule is CCc1ccc2nc(N3C(=O)C(O)=C(C(=O)c4ccc(C)o4)[C@@H]3c3cccc(Br)c3)sc2c1. The van der Waals surface area contributed by atoms with E-state index in [1.165, 1.54) is 21.8 Å². The lowest BCUT2D eigenvalue weighted by Crippen LogP contribution is -2.30. The van der Waals surface area contributed by atoms with E-state index in [0.717, 1.165) is 21.1 Å². The summed E-state index contributed by atoms with van der Waals surface area (Å²) in [6.07, 6.45) is 0.885. The predicted octanol–water partition coefficient (Wildman–Crippen LogP) is 6.31. The molecule has 1 aliphatic rings. The van der Waals surface area contributed by atoms with E-state index >= 15 is 0 Å². The highest BCUT2D eigenvalue weighted by Gasteiger charge is 2.46. The molecular formula is C25H19BrN2O4S. The molecule has 33 heavy (non-hydrogen) atoms. The van der Waals surface area contributed by atoms with Gasteiger partial charge in [-0.15, -0.1) is 0 Å². The Balaban J connectivity index is 1.67. The molecule has 0 fully saturated rings. The number of fused-ring (bicyclic) bond motifs is 1. The summed E-state index contributed by atoms with van der Waals surface area (Å²) in [6.45, 7) is 3.81. The Kier molecular flexibility index (Phi) is 5.42. The smallest absolute Gasteiger partial charge is 0.296 e. The molecule has 166 valence electrons. The molecule has 0 saturated carbocycles. The molecule has 2 aromatic carbocycles. The molecule has 4 aromatic rings. The lowest BCUT2D eigenvalue weighted by atomic mass is 9.95. The second-order valence-corrected chi connectivity index (χ2v) is 9.71. The highest BCUT2D eigenvalue weighted by atomic mass is 79.9. The number of thiazole rings is 1. The van der Waals surface area contributed by atoms with Crippen LogP contribution in [0.15, 0.2) is 74.8 Å². The van der Waals surface area contributed by atoms with E-state index in [9.17, 15) is 14.7 Å². The number of aryl methyl sites for hydroxylation is 2. The lowest BCUT2D eigenvalue weighted by Gasteiger charge is -2.24. The summed E-state index contributed by atoms with van der Waals surface area (Å²) in [5.74, 6) is -1.15. The standard InChI is InChI=1S/C25H19BrN2O4S/c1-3-14-8-9-17-19(11-14)33-25(27-17)28-21(15-5-4-6-16(26)12-15)20(23(30)24(28)31)22(29)18-10-7-13(2)32-18/h4-12,21,30H,3H2,1-2H3/t21-/m0/s1. The van der Waals surface area contributed by atoms with Crippen LogP contribution in [0, 0.1) is 6.92 Å². The highest BCUT2D eigenvalue weighted by Crippen LogP contribution is 2.44. The number of Topliss-reactive ketones (excluding diaryl/α,β-unsaturated/α-hetero) is 1. The number of rotatable bonds is 5. The molecule has 0 radical (unpaired) electrons. The Labute approximate surface area is 202 Å². The molecule has 1 aliphatic heterocycles. The molecule has 0 saturated heterocycles. The molecule has 6 nitrogen and oxygen atoms in total. The van der Waals surface area contributed by atoms with E-state index in [1.54, 1.807) is 19.1 Å². The number of aliphatic hydroxyl groups is 1. The first kappa shape index (κ1) is 21.6. The van der Waals surface area contributed by atoms with Crippen LogP contribution >= 0.6 is 27.3 Å². The van der Waals surface area contributed by atoms with Gasteiger partial charge in [-0.25, -0.2) is 4.98 Å². The number of aromatic nitrogens is 1. The van der Waals surface area contributed by atoms with Gasteiger partial charge in [-0.3, -0.25) is 14.5 Å². The Morgan fingerprint density at radius 1 is 1.21 bits per heavy atom. The maximum absolute atomic E-state index is 13.4. The average molecular weight is 523 g/mol. The van der Waals surface area contributed by atoms with Crippen molar-refractivity contribution in [2.24, 2.45) is 0 Å². The van der Waals surface area contributed by atoms with Gasteiger partial charge < -0.3 is 9.52 Å². The average Bonchev–Trinajstić information content (AvgIpc) is 3.49. The number of ketones is 1. The zero-order valence-corrected chi connectivity index (χ0v) is 20.2. The third-order valence-corrected chi connectivity index (χ3v) is 7.15. The number of benzene rings is 2. The van der Waals surface area contributed by atoms with Crippen molar-refractivity contribution >= 4 is 54.3 Å². The molecule has 3 heterocycles. The Bertz CT molecular complexity index is 1450. The predicted molar refractivity (Wildman–Crippen MR) is 131 cm³/mol. The Morgan fingerprint density at radius 3 is 2.73 bits per heavy atom. The number of carbonyl (C=O) groups excluding carboxylic acids is 2. The number of aliphatic hydroxyl groups excluding tert-OH is 1. The molecule has 8 heteroatoms. The Hall–Kier alpha value is -3.23. The first-order valence-electron chi connectivity index (χ1n) is 10.4. The number of halogens is 1. The number of anilines is 1. The van der Waals surface area contributed by atoms with Crippen LogP contribution in [-0.4, -0.2) is 21.8 Å². The molecule has 2 aromatic heterocycles. The van der Waals surface area contributed by atoms with Crippen LogP contribution in [-0.2, 0) is 11.2 Å². The van der Waals surface area contributed by atoms with Gasteiger partial charge in [0.05, 0.1) is 21.8 Å². The number of hydrogen-bond acceptors (Lipinski definition) is 6. The fourth-order valence-corrected chi connectivity index (χ4v) is 5.47. The normalized spacial score (nSPS) is 16.3. The van der Waals surface area contributed by atoms with E-state index < -0.39 is 23.5 Å². The van der Waals surface area contributed by atoms with Gasteiger partial charge in [0.15, 0.2) is 16.7 Å². The maximum atomic E-state index is 13.4. The van der Waals surface area contributed by atoms with Crippen LogP contribution in [0.5, 0.6) is 0 Å². The topological polar surface area (TPSA) is 83.6 Å². The second-order valence-electron chi connectivity index (χ2n) is 7.79. The maximum Gasteiger partial charge on any atom is 0.296 e. The second kappa shape index (κ2) is 8.28. The van der Waals surface area contributed by atoms with Crippen molar-refractivity contribution in [2.45, 2.75) is 26.3 Å². The molecule has 5 rings (SSSR count). The third-order valence-electron chi connectivity index (χ3n) is 5.64. The van der Waals surface area contributed by atoms with Gasteiger partial charge in [-0.1, -0.05) is 52.4 Å². The van der Waals surface area contributed by atoms with Crippen molar-refractivity contribution in [1.29, 1.82) is 0 Å². The summed E-state index contributed by atoms with van der Waals surface area (Å²) in [6, 6.07) is 15.7. The van der Waals surface area contributed by atoms with Crippen molar-refractivity contribution in [3.05, 3.63) is 93.0 Å². The van der Waals surface area contributed by atoms with Gasteiger partial charge >= 0.3 is 0 Å². The minimum Gasteiger partial charge on any atom is -0.503 e. The first-order chi connectivity index (χ1) is 15.9. The zero-order chi connectivity index (χ0) is 23.3. The molecule has 0 aliphatic carbocycles. The van der Waals surface area contributed by atoms with Crippen molar-refractivity contribution in [3.8, 4) is 0 Å². The molecule has 1 amide bonds. The summed E-state index contributed by atoms with van der Waals surface area (Å²) in [7, 11) is 0. The molecule has 0 spiro atoms. The van der Waals surface area contributed by atoms with Crippen molar-refractivity contribution < 1.29 is 19.1 Å². The van der Waals surface area contributed by atoms with Crippen LogP contribution < -0.4 is 4.90 Å². The van der Waals surface area contributed by atoms with Crippen LogP contribution in [0.2, 0.25) is 0 Å². The van der Waals surface area contributed by atoms with E-state index in [4.69, 9.17) is 4.42 Å². The van der Waals surface area contributed by atoms with E-state index in [2.05, 4.69) is 33.9 Å². The zero-order valence-electron chi connectivity index (χ0n) is 17.8. The lowest BCUT2D eigenvalue weighted by molar-refractivity contribution is -0.117. The summed E-state index contributed by atoms with van der Waals surface area (Å²) in [5.41, 5.74) is 2.57. The summed E-state index contributed by atoms with van der Waals surface area (Å²) >= 11 is 4.82. The van der Waals surface area contributed by atoms with Gasteiger partial charge in [0.2, 0.25) is 5.78 Å². The van der Waals surface area contributed by atoms with E-state index in [0.29, 0.717) is 16.5 Å².